The van der Waals surface area contributed by atoms with Gasteiger partial charge in [0.05, 0.1) is 12.8 Å². The molecule has 1 unspecified atom stereocenters. The van der Waals surface area contributed by atoms with Gasteiger partial charge in [0.2, 0.25) is 0 Å². The van der Waals surface area contributed by atoms with Crippen LogP contribution < -0.4 is 4.72 Å². The predicted octanol–water partition coefficient (Wildman–Crippen LogP) is 4.05. The molecule has 1 aromatic heterocycles. The molecule has 1 atom stereocenters. The van der Waals surface area contributed by atoms with Crippen LogP contribution >= 0.6 is 0 Å². The molecule has 1 aliphatic rings. The molecule has 0 saturated heterocycles. The Kier molecular flexibility index (Phi) is 9.18. The minimum atomic E-state index is -3.97. The van der Waals surface area contributed by atoms with Gasteiger partial charge in [-0.25, -0.2) is 0 Å². The number of likely N-dealkylation sites (N-methyl/N-ethyl adjacent to an activating group) is 1. The van der Waals surface area contributed by atoms with E-state index in [-0.39, 0.29) is 6.04 Å². The van der Waals surface area contributed by atoms with Crippen LogP contribution in [0.25, 0.3) is 0 Å². The fourth-order valence-corrected chi connectivity index (χ4v) is 4.00. The fraction of sp³-hybridized carbons (Fsp3) is 0.524. The molecule has 1 aliphatic carbocycles. The van der Waals surface area contributed by atoms with E-state index >= 15 is 0 Å². The Hall–Kier alpha value is -1.67. The van der Waals surface area contributed by atoms with Crippen molar-refractivity contribution in [3.05, 3.63) is 60.1 Å². The summed E-state index contributed by atoms with van der Waals surface area (Å²) in [7, 11) is -1.84. The molecule has 6 nitrogen and oxygen atoms in total. The Morgan fingerprint density at radius 1 is 1.14 bits per heavy atom. The molecule has 1 saturated carbocycles. The standard InChI is InChI=1S/C15H19NO.C6H13NO3S/c1-13(11-14-7-4-3-5-8-14)16(2)12-15-9-6-10-17-15;8-11(9,10)7-6-4-2-1-3-5-6/h3-10,13H,11-12H2,1-2H3;6-7H,1-5H2,(H,8,9,10). The molecule has 2 N–H and O–H groups in total. The summed E-state index contributed by atoms with van der Waals surface area (Å²) < 4.78 is 36.7. The van der Waals surface area contributed by atoms with Crippen molar-refractivity contribution in [1.82, 2.24) is 9.62 Å². The average molecular weight is 409 g/mol. The lowest BCUT2D eigenvalue weighted by Gasteiger charge is -2.23. The molecule has 3 rings (SSSR count). The zero-order chi connectivity index (χ0) is 20.4. The minimum absolute atomic E-state index is 0.0428. The molecule has 0 aliphatic heterocycles. The molecule has 1 fully saturated rings. The number of hydrogen-bond donors (Lipinski definition) is 2. The highest BCUT2D eigenvalue weighted by Gasteiger charge is 2.17. The summed E-state index contributed by atoms with van der Waals surface area (Å²) in [6.45, 7) is 3.11. The van der Waals surface area contributed by atoms with E-state index in [0.29, 0.717) is 6.04 Å². The summed E-state index contributed by atoms with van der Waals surface area (Å²) >= 11 is 0. The highest BCUT2D eigenvalue weighted by Crippen LogP contribution is 2.17. The average Bonchev–Trinajstić information content (AvgIpc) is 3.15. The Morgan fingerprint density at radius 2 is 1.82 bits per heavy atom. The van der Waals surface area contributed by atoms with Crippen molar-refractivity contribution in [3.8, 4) is 0 Å². The molecule has 7 heteroatoms. The zero-order valence-electron chi connectivity index (χ0n) is 16.8. The smallest absolute Gasteiger partial charge is 0.333 e. The van der Waals surface area contributed by atoms with Gasteiger partial charge in [-0.2, -0.15) is 13.1 Å². The molecule has 0 bridgehead atoms. The van der Waals surface area contributed by atoms with E-state index in [4.69, 9.17) is 8.97 Å². The molecule has 0 spiro atoms. The number of nitrogens with zero attached hydrogens (tertiary/aromatic N) is 1. The van der Waals surface area contributed by atoms with Gasteiger partial charge in [0.15, 0.2) is 0 Å². The molecule has 1 aromatic carbocycles. The Labute approximate surface area is 168 Å². The fourth-order valence-electron chi connectivity index (χ4n) is 3.35. The van der Waals surface area contributed by atoms with Gasteiger partial charge in [0.1, 0.15) is 5.76 Å². The Morgan fingerprint density at radius 3 is 2.39 bits per heavy atom. The molecular weight excluding hydrogens is 376 g/mol. The highest BCUT2D eigenvalue weighted by atomic mass is 32.2. The van der Waals surface area contributed by atoms with E-state index < -0.39 is 10.3 Å². The van der Waals surface area contributed by atoms with Crippen molar-refractivity contribution in [2.75, 3.05) is 7.05 Å². The monoisotopic (exact) mass is 408 g/mol. The summed E-state index contributed by atoms with van der Waals surface area (Å²) in [6, 6.07) is 15.0. The number of rotatable bonds is 7. The minimum Gasteiger partial charge on any atom is -0.468 e. The molecule has 156 valence electrons. The summed E-state index contributed by atoms with van der Waals surface area (Å²) in [5.74, 6) is 1.02. The molecule has 0 radical (unpaired) electrons. The first-order chi connectivity index (χ1) is 13.3. The number of furan rings is 1. The molecular formula is C21H32N2O4S. The number of benzene rings is 1. The summed E-state index contributed by atoms with van der Waals surface area (Å²) in [5, 5.41) is 0. The predicted molar refractivity (Wildman–Crippen MR) is 111 cm³/mol. The first-order valence-corrected chi connectivity index (χ1v) is 11.3. The van der Waals surface area contributed by atoms with Crippen LogP contribution in [0, 0.1) is 0 Å². The third kappa shape index (κ3) is 9.01. The lowest BCUT2D eigenvalue weighted by molar-refractivity contribution is 0.228. The third-order valence-electron chi connectivity index (χ3n) is 5.03. The lowest BCUT2D eigenvalue weighted by atomic mass is 9.96. The topological polar surface area (TPSA) is 82.8 Å². The van der Waals surface area contributed by atoms with Gasteiger partial charge in [0.25, 0.3) is 0 Å². The van der Waals surface area contributed by atoms with E-state index in [9.17, 15) is 8.42 Å². The van der Waals surface area contributed by atoms with Gasteiger partial charge in [0, 0.05) is 12.1 Å². The lowest BCUT2D eigenvalue weighted by Crippen LogP contribution is -2.35. The molecule has 0 amide bonds. The van der Waals surface area contributed by atoms with Gasteiger partial charge in [-0.05, 0) is 50.9 Å². The van der Waals surface area contributed by atoms with Gasteiger partial charge in [-0.1, -0.05) is 49.6 Å². The van der Waals surface area contributed by atoms with Gasteiger partial charge >= 0.3 is 10.3 Å². The van der Waals surface area contributed by atoms with E-state index in [0.717, 1.165) is 44.4 Å². The van der Waals surface area contributed by atoms with E-state index in [1.807, 2.05) is 12.1 Å². The van der Waals surface area contributed by atoms with Crippen molar-refractivity contribution >= 4 is 10.3 Å². The second-order valence-corrected chi connectivity index (χ2v) is 8.65. The molecule has 28 heavy (non-hydrogen) atoms. The Bertz CT molecular complexity index is 757. The summed E-state index contributed by atoms with van der Waals surface area (Å²) in [4.78, 5) is 2.31. The van der Waals surface area contributed by atoms with Crippen LogP contribution in [0.5, 0.6) is 0 Å². The van der Waals surface area contributed by atoms with E-state index in [1.54, 1.807) is 6.26 Å². The zero-order valence-corrected chi connectivity index (χ0v) is 17.6. The van der Waals surface area contributed by atoms with Crippen molar-refractivity contribution in [2.45, 2.75) is 64.1 Å². The SMILES string of the molecule is CC(Cc1ccccc1)N(C)Cc1ccco1.O=S(=O)(O)NC1CCCCC1. The van der Waals surface area contributed by atoms with Gasteiger partial charge in [-0.3, -0.25) is 9.45 Å². The highest BCUT2D eigenvalue weighted by molar-refractivity contribution is 7.83. The van der Waals surface area contributed by atoms with Crippen molar-refractivity contribution in [3.63, 3.8) is 0 Å². The number of hydrogen-bond acceptors (Lipinski definition) is 4. The summed E-state index contributed by atoms with van der Waals surface area (Å²) in [6.07, 6.45) is 7.76. The van der Waals surface area contributed by atoms with Crippen LogP contribution in [0.1, 0.15) is 50.4 Å². The van der Waals surface area contributed by atoms with E-state index in [2.05, 4.69) is 53.9 Å². The van der Waals surface area contributed by atoms with Crippen LogP contribution in [0.15, 0.2) is 53.1 Å². The molecule has 1 heterocycles. The van der Waals surface area contributed by atoms with Gasteiger partial charge < -0.3 is 4.42 Å². The van der Waals surface area contributed by atoms with Crippen LogP contribution in [-0.4, -0.2) is 37.0 Å². The van der Waals surface area contributed by atoms with Gasteiger partial charge in [-0.15, -0.1) is 0 Å². The normalized spacial score (nSPS) is 16.4. The van der Waals surface area contributed by atoms with Crippen LogP contribution in [0.3, 0.4) is 0 Å². The molecule has 2 aromatic rings. The maximum absolute atomic E-state index is 10.3. The maximum atomic E-state index is 10.3. The summed E-state index contributed by atoms with van der Waals surface area (Å²) in [5.41, 5.74) is 1.38. The maximum Gasteiger partial charge on any atom is 0.333 e. The van der Waals surface area contributed by atoms with Crippen molar-refractivity contribution in [1.29, 1.82) is 0 Å². The number of nitrogens with one attached hydrogen (secondary N) is 1. The first kappa shape index (κ1) is 22.6. The largest absolute Gasteiger partial charge is 0.468 e. The van der Waals surface area contributed by atoms with E-state index in [1.165, 1.54) is 12.0 Å². The quantitative estimate of drug-likeness (QED) is 0.675. The first-order valence-electron chi connectivity index (χ1n) is 9.85. The second-order valence-electron chi connectivity index (χ2n) is 7.46. The van der Waals surface area contributed by atoms with Crippen LogP contribution in [-0.2, 0) is 23.3 Å². The van der Waals surface area contributed by atoms with Crippen molar-refractivity contribution in [2.24, 2.45) is 0 Å². The third-order valence-corrected chi connectivity index (χ3v) is 5.66. The van der Waals surface area contributed by atoms with Crippen molar-refractivity contribution < 1.29 is 17.4 Å². The second kappa shape index (κ2) is 11.4. The van der Waals surface area contributed by atoms with Crippen LogP contribution in [0.4, 0.5) is 0 Å². The van der Waals surface area contributed by atoms with Crippen LogP contribution in [0.2, 0.25) is 0 Å². The Balaban J connectivity index is 0.000000221.